The highest BCUT2D eigenvalue weighted by molar-refractivity contribution is 5.76. The lowest BCUT2D eigenvalue weighted by Gasteiger charge is -2.40. The second-order valence-electron chi connectivity index (χ2n) is 13.4. The van der Waals surface area contributed by atoms with Gasteiger partial charge in [0.1, 0.15) is 24.4 Å². The third-order valence-electron chi connectivity index (χ3n) is 9.21. The van der Waals surface area contributed by atoms with Crippen LogP contribution in [0, 0.1) is 0 Å². The Labute approximate surface area is 274 Å². The number of ether oxygens (including phenoxy) is 2. The lowest BCUT2D eigenvalue weighted by molar-refractivity contribution is -0.302. The van der Waals surface area contributed by atoms with Crippen molar-refractivity contribution in [3.63, 3.8) is 0 Å². The number of carbonyl (C=O) groups is 1. The molecular weight excluding hydrogens is 574 g/mol. The van der Waals surface area contributed by atoms with E-state index in [2.05, 4.69) is 19.2 Å². The molecule has 9 heteroatoms. The molecule has 7 unspecified atom stereocenters. The zero-order chi connectivity index (χ0) is 33.1. The van der Waals surface area contributed by atoms with Gasteiger partial charge in [0.15, 0.2) is 6.29 Å². The van der Waals surface area contributed by atoms with Gasteiger partial charge in [-0.2, -0.15) is 0 Å². The van der Waals surface area contributed by atoms with Gasteiger partial charge in [-0.25, -0.2) is 0 Å². The molecule has 0 bridgehead atoms. The first kappa shape index (κ1) is 42.2. The fourth-order valence-corrected chi connectivity index (χ4v) is 6.10. The van der Waals surface area contributed by atoms with Crippen LogP contribution < -0.4 is 5.32 Å². The topological polar surface area (TPSA) is 149 Å². The number of rotatable bonds is 30. The van der Waals surface area contributed by atoms with Crippen molar-refractivity contribution in [1.29, 1.82) is 0 Å². The molecule has 45 heavy (non-hydrogen) atoms. The molecule has 9 nitrogen and oxygen atoms in total. The van der Waals surface area contributed by atoms with Crippen LogP contribution in [0.3, 0.4) is 0 Å². The van der Waals surface area contributed by atoms with E-state index >= 15 is 0 Å². The van der Waals surface area contributed by atoms with Crippen LogP contribution in [0.15, 0.2) is 0 Å². The van der Waals surface area contributed by atoms with Crippen molar-refractivity contribution in [3.8, 4) is 0 Å². The van der Waals surface area contributed by atoms with Crippen LogP contribution in [0.25, 0.3) is 0 Å². The third-order valence-corrected chi connectivity index (χ3v) is 9.21. The van der Waals surface area contributed by atoms with E-state index < -0.39 is 49.5 Å². The van der Waals surface area contributed by atoms with E-state index in [1.807, 2.05) is 0 Å². The molecule has 268 valence electrons. The zero-order valence-corrected chi connectivity index (χ0v) is 28.9. The van der Waals surface area contributed by atoms with Crippen LogP contribution in [0.5, 0.6) is 0 Å². The number of unbranched alkanes of at least 4 members (excludes halogenated alkanes) is 20. The fourth-order valence-electron chi connectivity index (χ4n) is 6.10. The zero-order valence-electron chi connectivity index (χ0n) is 28.9. The highest BCUT2D eigenvalue weighted by atomic mass is 16.7. The normalized spacial score (nSPS) is 23.2. The van der Waals surface area contributed by atoms with Crippen molar-refractivity contribution >= 4 is 5.91 Å². The average Bonchev–Trinajstić information content (AvgIpc) is 3.04. The summed E-state index contributed by atoms with van der Waals surface area (Å²) in [7, 11) is 0. The van der Waals surface area contributed by atoms with Crippen molar-refractivity contribution < 1.29 is 39.8 Å². The second kappa shape index (κ2) is 28.2. The molecular formula is C36H71NO8. The third kappa shape index (κ3) is 20.2. The fraction of sp³-hybridized carbons (Fsp3) is 0.972. The van der Waals surface area contributed by atoms with Gasteiger partial charge in [0.05, 0.1) is 25.4 Å². The molecule has 0 aromatic carbocycles. The van der Waals surface area contributed by atoms with Crippen molar-refractivity contribution in [1.82, 2.24) is 5.32 Å². The van der Waals surface area contributed by atoms with Crippen molar-refractivity contribution in [2.45, 2.75) is 211 Å². The van der Waals surface area contributed by atoms with Crippen molar-refractivity contribution in [3.05, 3.63) is 0 Å². The van der Waals surface area contributed by atoms with Gasteiger partial charge in [-0.1, -0.05) is 149 Å². The number of aliphatic hydroxyl groups excluding tert-OH is 5. The number of aliphatic hydroxyl groups is 5. The molecule has 1 heterocycles. The Morgan fingerprint density at radius 3 is 1.58 bits per heavy atom. The highest BCUT2D eigenvalue weighted by Gasteiger charge is 2.44. The van der Waals surface area contributed by atoms with Crippen LogP contribution in [-0.4, -0.2) is 87.5 Å². The van der Waals surface area contributed by atoms with Crippen LogP contribution in [0.1, 0.15) is 168 Å². The molecule has 0 radical (unpaired) electrons. The smallest absolute Gasteiger partial charge is 0.220 e. The molecule has 1 aliphatic heterocycles. The lowest BCUT2D eigenvalue weighted by Crippen LogP contribution is -2.60. The standard InChI is InChI=1S/C36H71NO8/c1-3-5-7-9-11-12-13-14-15-16-17-18-20-22-24-26-32(40)37-29(30(39)25-23-21-19-10-8-6-4-2)28-44-36-35(43)34(42)33(41)31(27-38)45-36/h29-31,33-36,38-39,41-43H,3-28H2,1-2H3,(H,37,40). The van der Waals surface area contributed by atoms with Gasteiger partial charge in [0, 0.05) is 6.42 Å². The molecule has 0 spiro atoms. The summed E-state index contributed by atoms with van der Waals surface area (Å²) in [6.07, 6.45) is 19.8. The molecule has 7 atom stereocenters. The summed E-state index contributed by atoms with van der Waals surface area (Å²) in [5.41, 5.74) is 0. The van der Waals surface area contributed by atoms with Crippen molar-refractivity contribution in [2.24, 2.45) is 0 Å². The van der Waals surface area contributed by atoms with Gasteiger partial charge in [-0.3, -0.25) is 4.79 Å². The first-order valence-corrected chi connectivity index (χ1v) is 18.7. The number of nitrogens with one attached hydrogen (secondary N) is 1. The van der Waals surface area contributed by atoms with E-state index in [1.165, 1.54) is 103 Å². The Kier molecular flexibility index (Phi) is 26.5. The maximum atomic E-state index is 12.8. The van der Waals surface area contributed by atoms with Gasteiger partial charge in [-0.05, 0) is 12.8 Å². The van der Waals surface area contributed by atoms with Crippen LogP contribution in [-0.2, 0) is 14.3 Å². The van der Waals surface area contributed by atoms with E-state index in [0.29, 0.717) is 12.8 Å². The molecule has 0 saturated carbocycles. The largest absolute Gasteiger partial charge is 0.394 e. The van der Waals surface area contributed by atoms with E-state index in [1.54, 1.807) is 0 Å². The van der Waals surface area contributed by atoms with E-state index in [9.17, 15) is 30.3 Å². The Bertz CT molecular complexity index is 681. The molecule has 1 aliphatic rings. The molecule has 1 rings (SSSR count). The molecule has 0 aliphatic carbocycles. The van der Waals surface area contributed by atoms with Crippen LogP contribution in [0.4, 0.5) is 0 Å². The van der Waals surface area contributed by atoms with Crippen LogP contribution in [0.2, 0.25) is 0 Å². The lowest BCUT2D eigenvalue weighted by atomic mass is 9.99. The summed E-state index contributed by atoms with van der Waals surface area (Å²) < 4.78 is 11.1. The summed E-state index contributed by atoms with van der Waals surface area (Å²) in [6, 6.07) is -0.707. The Morgan fingerprint density at radius 2 is 1.11 bits per heavy atom. The minimum atomic E-state index is -1.54. The predicted octanol–water partition coefficient (Wildman–Crippen LogP) is 6.05. The van der Waals surface area contributed by atoms with E-state index in [-0.39, 0.29) is 12.5 Å². The SMILES string of the molecule is CCCCCCCCCCCCCCCCCC(=O)NC(COC1OC(CO)C(O)C(O)C1O)C(O)CCCCCCCCC. The average molecular weight is 646 g/mol. The molecule has 6 N–H and O–H groups in total. The maximum absolute atomic E-state index is 12.8. The van der Waals surface area contributed by atoms with Gasteiger partial charge in [-0.15, -0.1) is 0 Å². The molecule has 0 aromatic rings. The second-order valence-corrected chi connectivity index (χ2v) is 13.4. The number of carbonyl (C=O) groups excluding carboxylic acids is 1. The Hall–Kier alpha value is -0.810. The highest BCUT2D eigenvalue weighted by Crippen LogP contribution is 2.23. The quantitative estimate of drug-likeness (QED) is 0.0517. The number of hydrogen-bond donors (Lipinski definition) is 6. The predicted molar refractivity (Wildman–Crippen MR) is 180 cm³/mol. The minimum absolute atomic E-state index is 0.134. The Morgan fingerprint density at radius 1 is 0.667 bits per heavy atom. The summed E-state index contributed by atoms with van der Waals surface area (Å²) in [5.74, 6) is -0.147. The van der Waals surface area contributed by atoms with Crippen LogP contribution >= 0.6 is 0 Å². The summed E-state index contributed by atoms with van der Waals surface area (Å²) in [4.78, 5) is 12.8. The number of amides is 1. The molecule has 1 saturated heterocycles. The Balaban J connectivity index is 2.36. The first-order valence-electron chi connectivity index (χ1n) is 18.7. The molecule has 1 fully saturated rings. The van der Waals surface area contributed by atoms with Gasteiger partial charge < -0.3 is 40.3 Å². The monoisotopic (exact) mass is 646 g/mol. The first-order chi connectivity index (χ1) is 21.8. The van der Waals surface area contributed by atoms with Gasteiger partial charge >= 0.3 is 0 Å². The van der Waals surface area contributed by atoms with Gasteiger partial charge in [0.2, 0.25) is 5.91 Å². The summed E-state index contributed by atoms with van der Waals surface area (Å²) in [5, 5.41) is 53.8. The maximum Gasteiger partial charge on any atom is 0.220 e. The molecule has 1 amide bonds. The van der Waals surface area contributed by atoms with Crippen molar-refractivity contribution in [2.75, 3.05) is 13.2 Å². The summed E-state index contributed by atoms with van der Waals surface area (Å²) in [6.45, 7) is 3.77. The number of hydrogen-bond acceptors (Lipinski definition) is 8. The minimum Gasteiger partial charge on any atom is -0.394 e. The van der Waals surface area contributed by atoms with E-state index in [4.69, 9.17) is 9.47 Å². The van der Waals surface area contributed by atoms with Gasteiger partial charge in [0.25, 0.3) is 0 Å². The van der Waals surface area contributed by atoms with E-state index in [0.717, 1.165) is 38.5 Å². The summed E-state index contributed by atoms with van der Waals surface area (Å²) >= 11 is 0. The molecule has 0 aromatic heterocycles.